The zero-order valence-corrected chi connectivity index (χ0v) is 19.8. The molecular formula is C20H14Cl2N2O4S3. The van der Waals surface area contributed by atoms with Gasteiger partial charge in [0.15, 0.2) is 5.78 Å². The molecule has 0 aliphatic carbocycles. The summed E-state index contributed by atoms with van der Waals surface area (Å²) >= 11 is 14.3. The zero-order chi connectivity index (χ0) is 22.3. The number of ketones is 1. The largest absolute Gasteiger partial charge is 0.294 e. The normalized spacial score (nSPS) is 17.5. The molecule has 6 nitrogen and oxygen atoms in total. The fraction of sp³-hybridized carbons (Fsp3) is 0.150. The summed E-state index contributed by atoms with van der Waals surface area (Å²) in [6, 6.07) is 6.74. The lowest BCUT2D eigenvalue weighted by Gasteiger charge is -2.05. The van der Waals surface area contributed by atoms with Crippen molar-refractivity contribution >= 4 is 73.2 Å². The quantitative estimate of drug-likeness (QED) is 0.185. The van der Waals surface area contributed by atoms with Gasteiger partial charge in [-0.2, -0.15) is 0 Å². The number of carbonyl (C=O) groups is 1. The molecule has 0 saturated heterocycles. The number of benzene rings is 1. The number of hydrogen-bond acceptors (Lipinski definition) is 7. The minimum absolute atomic E-state index is 0.0430. The molecule has 160 valence electrons. The molecular weight excluding hydrogens is 499 g/mol. The van der Waals surface area contributed by atoms with Gasteiger partial charge >= 0.3 is 0 Å². The van der Waals surface area contributed by atoms with Crippen molar-refractivity contribution in [1.82, 2.24) is 4.98 Å². The Hall–Kier alpha value is -1.91. The van der Waals surface area contributed by atoms with E-state index < -0.39 is 14.4 Å². The van der Waals surface area contributed by atoms with E-state index in [1.165, 1.54) is 18.5 Å². The van der Waals surface area contributed by atoms with Crippen molar-refractivity contribution in [2.75, 3.05) is 5.75 Å². The van der Waals surface area contributed by atoms with Crippen molar-refractivity contribution in [3.63, 3.8) is 0 Å². The van der Waals surface area contributed by atoms with E-state index in [4.69, 9.17) is 23.2 Å². The van der Waals surface area contributed by atoms with Crippen LogP contribution in [-0.2, 0) is 22.4 Å². The molecule has 0 saturated carbocycles. The predicted molar refractivity (Wildman–Crippen MR) is 126 cm³/mol. The maximum atomic E-state index is 12.9. The predicted octanol–water partition coefficient (Wildman–Crippen LogP) is 5.57. The number of nitro groups is 1. The lowest BCUT2D eigenvalue weighted by Crippen LogP contribution is -2.03. The molecule has 3 heterocycles. The summed E-state index contributed by atoms with van der Waals surface area (Å²) in [5, 5.41) is 12.1. The smallest absolute Gasteiger partial charge is 0.293 e. The van der Waals surface area contributed by atoms with Gasteiger partial charge in [0.05, 0.1) is 24.7 Å². The summed E-state index contributed by atoms with van der Waals surface area (Å²) < 4.78 is 12.9. The number of nitrogens with zero attached hydrogens (tertiary/aromatic N) is 2. The number of pyridine rings is 1. The molecule has 1 aliphatic rings. The van der Waals surface area contributed by atoms with Crippen molar-refractivity contribution in [1.29, 1.82) is 0 Å². The van der Waals surface area contributed by atoms with Crippen LogP contribution in [0.3, 0.4) is 0 Å². The van der Waals surface area contributed by atoms with E-state index in [-0.39, 0.29) is 32.8 Å². The van der Waals surface area contributed by atoms with Crippen LogP contribution in [0.15, 0.2) is 50.7 Å². The fourth-order valence-corrected chi connectivity index (χ4v) is 7.80. The Labute approximate surface area is 196 Å². The van der Waals surface area contributed by atoms with Crippen molar-refractivity contribution in [3.05, 3.63) is 72.8 Å². The van der Waals surface area contributed by atoms with Crippen LogP contribution in [0.25, 0.3) is 0 Å². The maximum Gasteiger partial charge on any atom is 0.294 e. The van der Waals surface area contributed by atoms with Crippen LogP contribution in [0.1, 0.15) is 20.8 Å². The SMILES string of the molecule is C=S1(=O)CCc2ccc(CC(=O)c3cc([N+](=O)[O-])c(Sc4c(Cl)cncc4Cl)s3)cc21. The second-order valence-corrected chi connectivity index (χ2v) is 12.5. The Bertz CT molecular complexity index is 1320. The average molecular weight is 513 g/mol. The van der Waals surface area contributed by atoms with Crippen LogP contribution < -0.4 is 0 Å². The van der Waals surface area contributed by atoms with E-state index in [1.807, 2.05) is 12.1 Å². The summed E-state index contributed by atoms with van der Waals surface area (Å²) in [4.78, 5) is 29.2. The first-order valence-corrected chi connectivity index (χ1v) is 13.2. The van der Waals surface area contributed by atoms with Crippen LogP contribution in [0.2, 0.25) is 10.0 Å². The van der Waals surface area contributed by atoms with Gasteiger partial charge in [0.1, 0.15) is 4.21 Å². The minimum Gasteiger partial charge on any atom is -0.293 e. The summed E-state index contributed by atoms with van der Waals surface area (Å²) in [5.74, 6) is 4.07. The van der Waals surface area contributed by atoms with Crippen LogP contribution in [0.4, 0.5) is 5.69 Å². The van der Waals surface area contributed by atoms with Crippen LogP contribution in [0, 0.1) is 10.1 Å². The van der Waals surface area contributed by atoms with Crippen LogP contribution in [-0.4, -0.2) is 31.5 Å². The monoisotopic (exact) mass is 512 g/mol. The van der Waals surface area contributed by atoms with Crippen molar-refractivity contribution in [2.45, 2.75) is 26.8 Å². The molecule has 0 amide bonds. The van der Waals surface area contributed by atoms with Gasteiger partial charge in [0.25, 0.3) is 5.69 Å². The first-order chi connectivity index (χ1) is 14.7. The zero-order valence-electron chi connectivity index (χ0n) is 15.8. The molecule has 1 aromatic carbocycles. The van der Waals surface area contributed by atoms with Gasteiger partial charge in [-0.3, -0.25) is 24.1 Å². The molecule has 0 N–H and O–H groups in total. The molecule has 1 atom stereocenters. The third-order valence-corrected chi connectivity index (χ3v) is 10.1. The number of thiophene rings is 1. The van der Waals surface area contributed by atoms with Gasteiger partial charge < -0.3 is 0 Å². The fourth-order valence-electron chi connectivity index (χ4n) is 3.21. The molecule has 0 fully saturated rings. The van der Waals surface area contributed by atoms with Gasteiger partial charge in [-0.1, -0.05) is 47.1 Å². The Morgan fingerprint density at radius 3 is 2.68 bits per heavy atom. The third kappa shape index (κ3) is 4.51. The Morgan fingerprint density at radius 2 is 2.00 bits per heavy atom. The lowest BCUT2D eigenvalue weighted by atomic mass is 10.0. The van der Waals surface area contributed by atoms with E-state index in [0.29, 0.717) is 31.7 Å². The number of aromatic nitrogens is 1. The highest BCUT2D eigenvalue weighted by Crippen LogP contribution is 2.45. The Balaban J connectivity index is 1.63. The third-order valence-electron chi connectivity index (χ3n) is 4.75. The van der Waals surface area contributed by atoms with Crippen molar-refractivity contribution < 1.29 is 13.9 Å². The summed E-state index contributed by atoms with van der Waals surface area (Å²) in [6.07, 6.45) is 3.55. The Morgan fingerprint density at radius 1 is 1.29 bits per heavy atom. The summed E-state index contributed by atoms with van der Waals surface area (Å²) in [6.45, 7) is 0. The topological polar surface area (TPSA) is 90.2 Å². The summed E-state index contributed by atoms with van der Waals surface area (Å²) in [7, 11) is -2.32. The lowest BCUT2D eigenvalue weighted by molar-refractivity contribution is -0.387. The van der Waals surface area contributed by atoms with E-state index in [1.54, 1.807) is 6.07 Å². The number of Topliss-reactive ketones (excluding diaryl/α,β-unsaturated/α-hetero) is 1. The molecule has 1 aliphatic heterocycles. The van der Waals surface area contributed by atoms with Gasteiger partial charge in [0.2, 0.25) is 0 Å². The first-order valence-electron chi connectivity index (χ1n) is 8.91. The van der Waals surface area contributed by atoms with E-state index in [2.05, 4.69) is 10.9 Å². The Kier molecular flexibility index (Phi) is 6.15. The highest BCUT2D eigenvalue weighted by atomic mass is 35.5. The molecule has 11 heteroatoms. The molecule has 3 aromatic rings. The van der Waals surface area contributed by atoms with Crippen LogP contribution >= 0.6 is 46.3 Å². The molecule has 0 radical (unpaired) electrons. The number of halogens is 2. The number of aryl methyl sites for hydroxylation is 1. The number of fused-ring (bicyclic) bond motifs is 1. The number of hydrogen-bond donors (Lipinski definition) is 0. The molecule has 0 bridgehead atoms. The van der Waals surface area contributed by atoms with Gasteiger partial charge in [-0.05, 0) is 39.0 Å². The molecule has 31 heavy (non-hydrogen) atoms. The number of carbonyl (C=O) groups excluding carboxylic acids is 1. The summed E-state index contributed by atoms with van der Waals surface area (Å²) in [5.41, 5.74) is 1.51. The van der Waals surface area contributed by atoms with E-state index in [0.717, 1.165) is 28.7 Å². The van der Waals surface area contributed by atoms with Gasteiger partial charge in [-0.15, -0.1) is 11.3 Å². The van der Waals surface area contributed by atoms with Crippen LogP contribution in [0.5, 0.6) is 0 Å². The van der Waals surface area contributed by atoms with Crippen molar-refractivity contribution in [2.24, 2.45) is 0 Å². The van der Waals surface area contributed by atoms with E-state index in [9.17, 15) is 19.1 Å². The minimum atomic E-state index is -2.32. The maximum absolute atomic E-state index is 12.9. The highest BCUT2D eigenvalue weighted by molar-refractivity contribution is 8.01. The molecule has 2 aromatic heterocycles. The second kappa shape index (κ2) is 8.55. The number of rotatable bonds is 6. The molecule has 4 rings (SSSR count). The highest BCUT2D eigenvalue weighted by Gasteiger charge is 2.26. The van der Waals surface area contributed by atoms with E-state index >= 15 is 0 Å². The standard InChI is InChI=1S/C20H14Cl2N2O4S3/c1-31(28)5-4-12-3-2-11(7-18(12)31)6-16(25)17-8-15(24(26)27)20(29-17)30-19-13(21)9-23-10-14(19)22/h2-3,7-10H,1,4-6H2. The second-order valence-electron chi connectivity index (χ2n) is 6.88. The van der Waals surface area contributed by atoms with Gasteiger partial charge in [0, 0.05) is 35.5 Å². The average Bonchev–Trinajstić information content (AvgIpc) is 3.26. The molecule has 1 unspecified atom stereocenters. The van der Waals surface area contributed by atoms with Gasteiger partial charge in [-0.25, -0.2) is 0 Å². The molecule has 0 spiro atoms. The van der Waals surface area contributed by atoms with Crippen molar-refractivity contribution in [3.8, 4) is 0 Å². The first kappa shape index (κ1) is 22.3.